The topological polar surface area (TPSA) is 29.5 Å². The number of halogens is 1. The molecule has 90 valence electrons. The number of benzene rings is 1. The molecule has 0 aliphatic rings. The maximum Gasteiger partial charge on any atom is 0.133 e. The summed E-state index contributed by atoms with van der Waals surface area (Å²) in [5.41, 5.74) is 0.935. The van der Waals surface area contributed by atoms with Crippen molar-refractivity contribution in [2.45, 2.75) is 33.3 Å². The minimum atomic E-state index is -0.406. The maximum atomic E-state index is 10.1. The second kappa shape index (κ2) is 6.26. The summed E-state index contributed by atoms with van der Waals surface area (Å²) < 4.78 is 6.33. The highest BCUT2D eigenvalue weighted by atomic mass is 79.9. The zero-order valence-electron chi connectivity index (χ0n) is 10.0. The number of rotatable bonds is 5. The Labute approximate surface area is 106 Å². The Morgan fingerprint density at radius 1 is 1.38 bits per heavy atom. The van der Waals surface area contributed by atoms with Crippen molar-refractivity contribution < 1.29 is 9.84 Å². The van der Waals surface area contributed by atoms with Crippen LogP contribution in [0.2, 0.25) is 0 Å². The van der Waals surface area contributed by atoms with E-state index in [4.69, 9.17) is 4.74 Å². The van der Waals surface area contributed by atoms with Gasteiger partial charge in [-0.15, -0.1) is 0 Å². The predicted molar refractivity (Wildman–Crippen MR) is 69.7 cm³/mol. The van der Waals surface area contributed by atoms with Crippen LogP contribution in [-0.2, 0) is 0 Å². The van der Waals surface area contributed by atoms with Gasteiger partial charge in [-0.1, -0.05) is 26.3 Å². The van der Waals surface area contributed by atoms with Gasteiger partial charge in [-0.2, -0.15) is 0 Å². The molecule has 2 atom stereocenters. The van der Waals surface area contributed by atoms with E-state index in [9.17, 15) is 5.11 Å². The van der Waals surface area contributed by atoms with E-state index in [0.717, 1.165) is 22.2 Å². The summed E-state index contributed by atoms with van der Waals surface area (Å²) in [5.74, 6) is 1.09. The molecule has 0 saturated carbocycles. The highest BCUT2D eigenvalue weighted by Crippen LogP contribution is 2.31. The molecule has 0 fully saturated rings. The third kappa shape index (κ3) is 3.22. The third-order valence-electron chi connectivity index (χ3n) is 2.78. The third-order valence-corrected chi connectivity index (χ3v) is 3.40. The number of hydrogen-bond acceptors (Lipinski definition) is 2. The first-order chi connectivity index (χ1) is 7.60. The van der Waals surface area contributed by atoms with Crippen molar-refractivity contribution >= 4 is 15.9 Å². The molecule has 0 amide bonds. The van der Waals surface area contributed by atoms with Gasteiger partial charge >= 0.3 is 0 Å². The molecule has 1 N–H and O–H groups in total. The standard InChI is InChI=1S/C13H19BrO2/c1-4-9(3)13(15)10-6-7-12(16-5-2)11(14)8-10/h6-9,13,15H,4-5H2,1-3H3. The summed E-state index contributed by atoms with van der Waals surface area (Å²) in [7, 11) is 0. The molecule has 3 heteroatoms. The number of hydrogen-bond donors (Lipinski definition) is 1. The van der Waals surface area contributed by atoms with Crippen molar-refractivity contribution in [1.29, 1.82) is 0 Å². The lowest BCUT2D eigenvalue weighted by Crippen LogP contribution is -2.08. The molecule has 0 aliphatic carbocycles. The van der Waals surface area contributed by atoms with Crippen LogP contribution in [-0.4, -0.2) is 11.7 Å². The molecule has 1 rings (SSSR count). The normalized spacial score (nSPS) is 14.6. The van der Waals surface area contributed by atoms with Crippen LogP contribution in [0.4, 0.5) is 0 Å². The molecule has 2 unspecified atom stereocenters. The van der Waals surface area contributed by atoms with Crippen LogP contribution in [0.5, 0.6) is 5.75 Å². The maximum absolute atomic E-state index is 10.1. The first-order valence-electron chi connectivity index (χ1n) is 5.70. The average Bonchev–Trinajstić information content (AvgIpc) is 2.30. The molecule has 2 nitrogen and oxygen atoms in total. The highest BCUT2D eigenvalue weighted by Gasteiger charge is 2.15. The fraction of sp³-hybridized carbons (Fsp3) is 0.538. The van der Waals surface area contributed by atoms with Crippen molar-refractivity contribution in [1.82, 2.24) is 0 Å². The Bertz CT molecular complexity index is 339. The van der Waals surface area contributed by atoms with Crippen LogP contribution >= 0.6 is 15.9 Å². The molecule has 16 heavy (non-hydrogen) atoms. The van der Waals surface area contributed by atoms with E-state index in [-0.39, 0.29) is 5.92 Å². The minimum absolute atomic E-state index is 0.268. The quantitative estimate of drug-likeness (QED) is 0.889. The highest BCUT2D eigenvalue weighted by molar-refractivity contribution is 9.10. The molecule has 0 aliphatic heterocycles. The summed E-state index contributed by atoms with van der Waals surface area (Å²) in [5, 5.41) is 10.1. The van der Waals surface area contributed by atoms with Gasteiger partial charge in [0, 0.05) is 0 Å². The minimum Gasteiger partial charge on any atom is -0.493 e. The van der Waals surface area contributed by atoms with Gasteiger partial charge in [0.05, 0.1) is 17.2 Å². The molecule has 0 aromatic heterocycles. The zero-order chi connectivity index (χ0) is 12.1. The van der Waals surface area contributed by atoms with Gasteiger partial charge in [0.2, 0.25) is 0 Å². The van der Waals surface area contributed by atoms with Gasteiger partial charge in [-0.25, -0.2) is 0 Å². The molecular formula is C13H19BrO2. The van der Waals surface area contributed by atoms with Gasteiger partial charge in [0.1, 0.15) is 5.75 Å². The fourth-order valence-corrected chi connectivity index (χ4v) is 2.04. The van der Waals surface area contributed by atoms with E-state index in [1.807, 2.05) is 25.1 Å². The lowest BCUT2D eigenvalue weighted by atomic mass is 9.95. The van der Waals surface area contributed by atoms with E-state index in [0.29, 0.717) is 6.61 Å². The number of aliphatic hydroxyl groups excluding tert-OH is 1. The Kier molecular flexibility index (Phi) is 5.29. The largest absolute Gasteiger partial charge is 0.493 e. The van der Waals surface area contributed by atoms with Crippen molar-refractivity contribution in [3.8, 4) is 5.75 Å². The zero-order valence-corrected chi connectivity index (χ0v) is 11.6. The van der Waals surface area contributed by atoms with Crippen LogP contribution in [0, 0.1) is 5.92 Å². The number of aliphatic hydroxyl groups is 1. The van der Waals surface area contributed by atoms with Gasteiger partial charge in [-0.05, 0) is 46.5 Å². The van der Waals surface area contributed by atoms with Crippen LogP contribution in [0.15, 0.2) is 22.7 Å². The van der Waals surface area contributed by atoms with Crippen molar-refractivity contribution in [3.05, 3.63) is 28.2 Å². The lowest BCUT2D eigenvalue weighted by molar-refractivity contribution is 0.115. The summed E-state index contributed by atoms with van der Waals surface area (Å²) in [6.45, 7) is 6.73. The molecule has 0 bridgehead atoms. The van der Waals surface area contributed by atoms with E-state index in [2.05, 4.69) is 29.8 Å². The van der Waals surface area contributed by atoms with E-state index < -0.39 is 6.10 Å². The second-order valence-electron chi connectivity index (χ2n) is 3.95. The van der Waals surface area contributed by atoms with Gasteiger partial charge in [0.25, 0.3) is 0 Å². The Hall–Kier alpha value is -0.540. The summed E-state index contributed by atoms with van der Waals surface area (Å²) in [6.07, 6.45) is 0.559. The molecule has 0 heterocycles. The second-order valence-corrected chi connectivity index (χ2v) is 4.81. The fourth-order valence-electron chi connectivity index (χ4n) is 1.53. The average molecular weight is 287 g/mol. The Morgan fingerprint density at radius 3 is 2.56 bits per heavy atom. The molecular weight excluding hydrogens is 268 g/mol. The summed E-state index contributed by atoms with van der Waals surface area (Å²) >= 11 is 3.45. The van der Waals surface area contributed by atoms with Crippen LogP contribution in [0.3, 0.4) is 0 Å². The first-order valence-corrected chi connectivity index (χ1v) is 6.49. The predicted octanol–water partition coefficient (Wildman–Crippen LogP) is 3.93. The smallest absolute Gasteiger partial charge is 0.133 e. The Morgan fingerprint density at radius 2 is 2.06 bits per heavy atom. The molecule has 0 saturated heterocycles. The molecule has 0 spiro atoms. The van der Waals surface area contributed by atoms with Crippen LogP contribution < -0.4 is 4.74 Å². The van der Waals surface area contributed by atoms with Gasteiger partial charge in [0.15, 0.2) is 0 Å². The summed E-state index contributed by atoms with van der Waals surface area (Å²) in [4.78, 5) is 0. The SMILES string of the molecule is CCOc1ccc(C(O)C(C)CC)cc1Br. The lowest BCUT2D eigenvalue weighted by Gasteiger charge is -2.18. The molecule has 1 aromatic carbocycles. The van der Waals surface area contributed by atoms with Crippen molar-refractivity contribution in [3.63, 3.8) is 0 Å². The van der Waals surface area contributed by atoms with Gasteiger partial charge < -0.3 is 9.84 Å². The van der Waals surface area contributed by atoms with Crippen molar-refractivity contribution in [2.75, 3.05) is 6.61 Å². The Balaban J connectivity index is 2.87. The molecule has 1 aromatic rings. The van der Waals surface area contributed by atoms with E-state index in [1.54, 1.807) is 0 Å². The monoisotopic (exact) mass is 286 g/mol. The number of ether oxygens (including phenoxy) is 1. The van der Waals surface area contributed by atoms with E-state index in [1.165, 1.54) is 0 Å². The van der Waals surface area contributed by atoms with Gasteiger partial charge in [-0.3, -0.25) is 0 Å². The van der Waals surface area contributed by atoms with Crippen LogP contribution in [0.1, 0.15) is 38.9 Å². The summed E-state index contributed by atoms with van der Waals surface area (Å²) in [6, 6.07) is 5.75. The van der Waals surface area contributed by atoms with Crippen LogP contribution in [0.25, 0.3) is 0 Å². The first kappa shape index (κ1) is 13.5. The van der Waals surface area contributed by atoms with Crippen molar-refractivity contribution in [2.24, 2.45) is 5.92 Å². The molecule has 0 radical (unpaired) electrons. The van der Waals surface area contributed by atoms with E-state index >= 15 is 0 Å².